The molecule has 0 amide bonds. The molecule has 0 spiro atoms. The largest absolute Gasteiger partial charge is 0.510 e. The maximum absolute atomic E-state index is 11.0. The van der Waals surface area contributed by atoms with Crippen LogP contribution in [0.15, 0.2) is 84.0 Å². The number of H-pyrrole nitrogens is 1. The van der Waals surface area contributed by atoms with Crippen molar-refractivity contribution in [2.45, 2.75) is 24.3 Å². The fourth-order valence-corrected chi connectivity index (χ4v) is 4.61. The lowest BCUT2D eigenvalue weighted by molar-refractivity contribution is 0.401. The maximum atomic E-state index is 11.0. The normalized spacial score (nSPS) is 12.8. The quantitative estimate of drug-likeness (QED) is 0.188. The molecule has 3 aromatic heterocycles. The fourth-order valence-electron chi connectivity index (χ4n) is 3.68. The molecule has 1 unspecified atom stereocenters. The molecule has 5 rings (SSSR count). The van der Waals surface area contributed by atoms with E-state index in [0.29, 0.717) is 16.8 Å². The number of pyridine rings is 1. The first-order chi connectivity index (χ1) is 17.0. The third kappa shape index (κ3) is 4.39. The first-order valence-corrected chi connectivity index (χ1v) is 11.8. The third-order valence-corrected chi connectivity index (χ3v) is 6.58. The first-order valence-electron chi connectivity index (χ1n) is 10.9. The number of aliphatic hydroxyl groups is 1. The van der Waals surface area contributed by atoms with Gasteiger partial charge >= 0.3 is 0 Å². The molecular formula is C26H21N7OS. The van der Waals surface area contributed by atoms with E-state index in [4.69, 9.17) is 0 Å². The first kappa shape index (κ1) is 22.4. The van der Waals surface area contributed by atoms with E-state index in [0.717, 1.165) is 27.8 Å². The van der Waals surface area contributed by atoms with E-state index in [1.165, 1.54) is 11.8 Å². The molecule has 0 aliphatic carbocycles. The predicted octanol–water partition coefficient (Wildman–Crippen LogP) is 5.49. The summed E-state index contributed by atoms with van der Waals surface area (Å²) in [6.45, 7) is 3.85. The van der Waals surface area contributed by atoms with Crippen molar-refractivity contribution < 1.29 is 5.11 Å². The van der Waals surface area contributed by atoms with Gasteiger partial charge in [0.25, 0.3) is 0 Å². The molecule has 0 aliphatic heterocycles. The van der Waals surface area contributed by atoms with Crippen LogP contribution in [0.25, 0.3) is 33.7 Å². The highest BCUT2D eigenvalue weighted by molar-refractivity contribution is 8.00. The number of fused-ring (bicyclic) bond motifs is 1. The van der Waals surface area contributed by atoms with Gasteiger partial charge in [-0.15, -0.1) is 10.2 Å². The second-order valence-electron chi connectivity index (χ2n) is 7.95. The molecule has 0 fully saturated rings. The van der Waals surface area contributed by atoms with Crippen LogP contribution >= 0.6 is 11.8 Å². The molecule has 35 heavy (non-hydrogen) atoms. The minimum Gasteiger partial charge on any atom is -0.510 e. The van der Waals surface area contributed by atoms with Crippen molar-refractivity contribution in [1.82, 2.24) is 29.7 Å². The summed E-state index contributed by atoms with van der Waals surface area (Å²) in [7, 11) is 0. The van der Waals surface area contributed by atoms with Crippen molar-refractivity contribution in [3.63, 3.8) is 0 Å². The molecular weight excluding hydrogens is 458 g/mol. The zero-order valence-electron chi connectivity index (χ0n) is 19.0. The van der Waals surface area contributed by atoms with E-state index in [1.54, 1.807) is 12.4 Å². The molecule has 0 bridgehead atoms. The highest BCUT2D eigenvalue weighted by Gasteiger charge is 2.23. The number of para-hydroxylation sites is 2. The van der Waals surface area contributed by atoms with Gasteiger partial charge in [0.2, 0.25) is 0 Å². The summed E-state index contributed by atoms with van der Waals surface area (Å²) in [5.74, 6) is 0.906. The molecule has 172 valence electrons. The third-order valence-electron chi connectivity index (χ3n) is 5.53. The van der Waals surface area contributed by atoms with Crippen LogP contribution < -0.4 is 0 Å². The lowest BCUT2D eigenvalue weighted by Gasteiger charge is -2.14. The number of aromatic amines is 1. The number of benzene rings is 2. The molecule has 2 N–H and O–H groups in total. The highest BCUT2D eigenvalue weighted by Crippen LogP contribution is 2.33. The summed E-state index contributed by atoms with van der Waals surface area (Å²) < 4.78 is 1.94. The number of imidazole rings is 1. The van der Waals surface area contributed by atoms with Gasteiger partial charge < -0.3 is 10.1 Å². The Balaban J connectivity index is 1.54. The van der Waals surface area contributed by atoms with Gasteiger partial charge in [0.05, 0.1) is 16.3 Å². The van der Waals surface area contributed by atoms with Crippen LogP contribution in [0.3, 0.4) is 0 Å². The summed E-state index contributed by atoms with van der Waals surface area (Å²) >= 11 is 1.31. The number of rotatable bonds is 6. The zero-order chi connectivity index (χ0) is 24.4. The Morgan fingerprint density at radius 1 is 1.06 bits per heavy atom. The van der Waals surface area contributed by atoms with Gasteiger partial charge in [0.1, 0.15) is 17.4 Å². The van der Waals surface area contributed by atoms with Crippen molar-refractivity contribution in [2.24, 2.45) is 0 Å². The van der Waals surface area contributed by atoms with Gasteiger partial charge in [-0.1, -0.05) is 41.6 Å². The number of aliphatic hydroxyl groups excluding tert-OH is 1. The van der Waals surface area contributed by atoms with Crippen LogP contribution in [-0.2, 0) is 0 Å². The number of aryl methyl sites for hydroxylation is 1. The molecule has 3 heterocycles. The monoisotopic (exact) mass is 479 g/mol. The number of allylic oxidation sites excluding steroid dienone is 1. The molecule has 9 heteroatoms. The molecule has 2 aromatic carbocycles. The molecule has 1 atom stereocenters. The molecule has 0 aliphatic rings. The molecule has 0 saturated heterocycles. The number of hydrogen-bond donors (Lipinski definition) is 2. The average Bonchev–Trinajstić information content (AvgIpc) is 3.50. The van der Waals surface area contributed by atoms with Crippen molar-refractivity contribution in [3.8, 4) is 23.1 Å². The zero-order valence-corrected chi connectivity index (χ0v) is 19.9. The lowest BCUT2D eigenvalue weighted by atomic mass is 10.2. The number of nitrogens with zero attached hydrogens (tertiary/aromatic N) is 6. The van der Waals surface area contributed by atoms with Gasteiger partial charge in [-0.25, -0.2) is 4.98 Å². The Morgan fingerprint density at radius 2 is 1.80 bits per heavy atom. The number of nitriles is 1. The maximum Gasteiger partial charge on any atom is 0.196 e. The van der Waals surface area contributed by atoms with Crippen molar-refractivity contribution in [3.05, 3.63) is 90.2 Å². The van der Waals surface area contributed by atoms with E-state index >= 15 is 0 Å². The number of thioether (sulfide) groups is 1. The summed E-state index contributed by atoms with van der Waals surface area (Å²) in [5, 5.41) is 29.8. The minimum absolute atomic E-state index is 0.0829. The van der Waals surface area contributed by atoms with Gasteiger partial charge in [-0.3, -0.25) is 9.55 Å². The van der Waals surface area contributed by atoms with Crippen LogP contribution in [0.1, 0.15) is 18.3 Å². The Morgan fingerprint density at radius 3 is 2.51 bits per heavy atom. The highest BCUT2D eigenvalue weighted by atomic mass is 32.2. The number of hydrogen-bond acceptors (Lipinski definition) is 7. The molecule has 0 saturated carbocycles. The Kier molecular flexibility index (Phi) is 6.04. The smallest absolute Gasteiger partial charge is 0.196 e. The van der Waals surface area contributed by atoms with E-state index in [2.05, 4.69) is 31.2 Å². The van der Waals surface area contributed by atoms with E-state index in [9.17, 15) is 10.4 Å². The number of nitrogens with one attached hydrogen (secondary N) is 1. The van der Waals surface area contributed by atoms with Gasteiger partial charge in [-0.2, -0.15) is 5.26 Å². The van der Waals surface area contributed by atoms with Gasteiger partial charge in [0, 0.05) is 23.6 Å². The SMILES string of the molecule is Cc1ccc(-n2c(SC(C)/C(O)=C(\C#N)c3nc4ccccc4[nH]3)nnc2-c2ccncc2)cc1. The molecule has 8 nitrogen and oxygen atoms in total. The summed E-state index contributed by atoms with van der Waals surface area (Å²) in [6, 6.07) is 21.4. The summed E-state index contributed by atoms with van der Waals surface area (Å²) in [5.41, 5.74) is 4.52. The van der Waals surface area contributed by atoms with Crippen LogP contribution in [0.2, 0.25) is 0 Å². The van der Waals surface area contributed by atoms with Crippen LogP contribution in [0, 0.1) is 18.3 Å². The summed E-state index contributed by atoms with van der Waals surface area (Å²) in [4.78, 5) is 11.7. The molecule has 5 aromatic rings. The fraction of sp³-hybridized carbons (Fsp3) is 0.115. The molecule has 0 radical (unpaired) electrons. The second-order valence-corrected chi connectivity index (χ2v) is 9.26. The Bertz CT molecular complexity index is 1530. The second kappa shape index (κ2) is 9.44. The van der Waals surface area contributed by atoms with Gasteiger partial charge in [-0.05, 0) is 50.2 Å². The van der Waals surface area contributed by atoms with Crippen molar-refractivity contribution in [2.75, 3.05) is 0 Å². The number of aromatic nitrogens is 6. The lowest BCUT2D eigenvalue weighted by Crippen LogP contribution is -2.07. The average molecular weight is 480 g/mol. The standard InChI is InChI=1S/C26H21N7OS/c1-16-7-9-19(10-8-16)33-25(18-11-13-28-14-12-18)31-32-26(33)35-17(2)23(34)20(15-27)24-29-21-5-3-4-6-22(21)30-24/h3-14,17,34H,1-2H3,(H,29,30)/b23-20-. The van der Waals surface area contributed by atoms with Crippen LogP contribution in [0.5, 0.6) is 0 Å². The Hall–Kier alpha value is -4.42. The Labute approximate surface area is 206 Å². The topological polar surface area (TPSA) is 116 Å². The van der Waals surface area contributed by atoms with E-state index in [1.807, 2.05) is 79.1 Å². The van der Waals surface area contributed by atoms with Crippen LogP contribution in [0.4, 0.5) is 0 Å². The predicted molar refractivity (Wildman–Crippen MR) is 136 cm³/mol. The van der Waals surface area contributed by atoms with E-state index in [-0.39, 0.29) is 11.3 Å². The minimum atomic E-state index is -0.489. The van der Waals surface area contributed by atoms with Crippen molar-refractivity contribution in [1.29, 1.82) is 5.26 Å². The van der Waals surface area contributed by atoms with Gasteiger partial charge in [0.15, 0.2) is 16.8 Å². The van der Waals surface area contributed by atoms with Crippen LogP contribution in [-0.4, -0.2) is 40.1 Å². The van der Waals surface area contributed by atoms with E-state index < -0.39 is 5.25 Å². The summed E-state index contributed by atoms with van der Waals surface area (Å²) in [6.07, 6.45) is 3.42. The van der Waals surface area contributed by atoms with Crippen molar-refractivity contribution >= 4 is 28.4 Å².